The van der Waals surface area contributed by atoms with E-state index in [1.54, 1.807) is 6.20 Å². The first kappa shape index (κ1) is 21.0. The normalized spacial score (nSPS) is 17.9. The summed E-state index contributed by atoms with van der Waals surface area (Å²) in [6.07, 6.45) is 13.1. The number of anilines is 3. The zero-order chi connectivity index (χ0) is 22.6. The maximum atomic E-state index is 12.0. The van der Waals surface area contributed by atoms with Crippen molar-refractivity contribution in [1.82, 2.24) is 20.1 Å². The van der Waals surface area contributed by atoms with Gasteiger partial charge >= 0.3 is 6.01 Å². The van der Waals surface area contributed by atoms with E-state index < -0.39 is 5.91 Å². The number of amides is 1. The number of benzene rings is 1. The number of piperazine rings is 1. The van der Waals surface area contributed by atoms with E-state index in [0.29, 0.717) is 11.7 Å². The Morgan fingerprint density at radius 3 is 2.76 bits per heavy atom. The molecule has 0 saturated carbocycles. The fraction of sp³-hybridized carbons (Fsp3) is 0.292. The van der Waals surface area contributed by atoms with Crippen LogP contribution in [-0.4, -0.2) is 46.9 Å². The highest BCUT2D eigenvalue weighted by Crippen LogP contribution is 2.30. The third kappa shape index (κ3) is 4.83. The smallest absolute Gasteiger partial charge is 0.300 e. The number of hydrogen-bond donors (Lipinski definition) is 3. The Balaban J connectivity index is 1.31. The van der Waals surface area contributed by atoms with Gasteiger partial charge in [-0.3, -0.25) is 9.48 Å². The third-order valence-corrected chi connectivity index (χ3v) is 5.85. The molecule has 9 nitrogen and oxygen atoms in total. The van der Waals surface area contributed by atoms with Crippen LogP contribution in [0.2, 0.25) is 0 Å². The summed E-state index contributed by atoms with van der Waals surface area (Å²) in [6, 6.07) is 8.11. The highest BCUT2D eigenvalue weighted by atomic mass is 16.4. The van der Waals surface area contributed by atoms with Crippen LogP contribution in [0.25, 0.3) is 11.3 Å². The van der Waals surface area contributed by atoms with Crippen LogP contribution < -0.4 is 21.3 Å². The van der Waals surface area contributed by atoms with E-state index in [9.17, 15) is 4.79 Å². The van der Waals surface area contributed by atoms with E-state index in [1.165, 1.54) is 0 Å². The first-order chi connectivity index (χ1) is 16.2. The summed E-state index contributed by atoms with van der Waals surface area (Å²) in [7, 11) is 0. The van der Waals surface area contributed by atoms with Crippen LogP contribution in [0.15, 0.2) is 65.4 Å². The van der Waals surface area contributed by atoms with Crippen molar-refractivity contribution in [3.8, 4) is 11.3 Å². The quantitative estimate of drug-likeness (QED) is 0.512. The molecular weight excluding hydrogens is 418 g/mol. The Morgan fingerprint density at radius 1 is 1.21 bits per heavy atom. The van der Waals surface area contributed by atoms with Crippen molar-refractivity contribution in [2.75, 3.05) is 36.4 Å². The molecule has 9 heteroatoms. The number of nitrogens with one attached hydrogen (secondary N) is 2. The number of aromatic nitrogens is 3. The zero-order valence-corrected chi connectivity index (χ0v) is 18.3. The third-order valence-electron chi connectivity index (χ3n) is 5.85. The van der Waals surface area contributed by atoms with Crippen molar-refractivity contribution in [3.63, 3.8) is 0 Å². The molecule has 1 saturated heterocycles. The number of carbonyl (C=O) groups excluding carboxylic acids is 1. The molecule has 1 aliphatic heterocycles. The van der Waals surface area contributed by atoms with Gasteiger partial charge in [-0.15, -0.1) is 0 Å². The van der Waals surface area contributed by atoms with Crippen LogP contribution >= 0.6 is 0 Å². The predicted molar refractivity (Wildman–Crippen MR) is 127 cm³/mol. The van der Waals surface area contributed by atoms with Crippen LogP contribution in [0, 0.1) is 5.92 Å². The molecule has 3 heterocycles. The number of hydrogen-bond acceptors (Lipinski definition) is 7. The van der Waals surface area contributed by atoms with Crippen molar-refractivity contribution in [2.24, 2.45) is 11.7 Å². The molecule has 5 rings (SSSR count). The molecule has 2 aliphatic rings. The summed E-state index contributed by atoms with van der Waals surface area (Å²) in [5, 5.41) is 10.9. The van der Waals surface area contributed by atoms with E-state index >= 15 is 0 Å². The molecule has 170 valence electrons. The number of allylic oxidation sites excluding steroid dienone is 4. The summed E-state index contributed by atoms with van der Waals surface area (Å²) >= 11 is 0. The Morgan fingerprint density at radius 2 is 2.03 bits per heavy atom. The molecular formula is C24H27N7O2. The van der Waals surface area contributed by atoms with Gasteiger partial charge < -0.3 is 25.7 Å². The van der Waals surface area contributed by atoms with Gasteiger partial charge in [0.1, 0.15) is 0 Å². The van der Waals surface area contributed by atoms with Crippen LogP contribution in [-0.2, 0) is 6.54 Å². The van der Waals surface area contributed by atoms with Crippen LogP contribution in [0.3, 0.4) is 0 Å². The van der Waals surface area contributed by atoms with Crippen LogP contribution in [0.4, 0.5) is 17.4 Å². The molecule has 3 aromatic rings. The van der Waals surface area contributed by atoms with Gasteiger partial charge in [-0.05, 0) is 30.7 Å². The topological polar surface area (TPSA) is 114 Å². The van der Waals surface area contributed by atoms with Gasteiger partial charge in [0, 0.05) is 56.1 Å². The lowest BCUT2D eigenvalue weighted by Gasteiger charge is -2.29. The average Bonchev–Trinajstić information content (AvgIpc) is 3.48. The molecule has 1 fully saturated rings. The largest absolute Gasteiger partial charge is 0.422 e. The lowest BCUT2D eigenvalue weighted by molar-refractivity contribution is 0.0996. The Bertz CT molecular complexity index is 1170. The lowest BCUT2D eigenvalue weighted by Crippen LogP contribution is -2.43. The first-order valence-electron chi connectivity index (χ1n) is 11.2. The van der Waals surface area contributed by atoms with E-state index in [-0.39, 0.29) is 11.7 Å². The molecule has 1 amide bonds. The molecule has 0 spiro atoms. The minimum absolute atomic E-state index is 0.0962. The molecule has 0 radical (unpaired) electrons. The Hall–Kier alpha value is -3.85. The molecule has 1 aliphatic carbocycles. The second-order valence-corrected chi connectivity index (χ2v) is 8.23. The van der Waals surface area contributed by atoms with E-state index in [4.69, 9.17) is 10.2 Å². The van der Waals surface area contributed by atoms with Gasteiger partial charge in [0.2, 0.25) is 0 Å². The molecule has 33 heavy (non-hydrogen) atoms. The minimum Gasteiger partial charge on any atom is -0.422 e. The van der Waals surface area contributed by atoms with E-state index in [1.807, 2.05) is 35.1 Å². The van der Waals surface area contributed by atoms with Gasteiger partial charge in [0.15, 0.2) is 11.5 Å². The number of carbonyl (C=O) groups is 1. The van der Waals surface area contributed by atoms with Crippen LogP contribution in [0.5, 0.6) is 0 Å². The van der Waals surface area contributed by atoms with Gasteiger partial charge in [-0.1, -0.05) is 24.3 Å². The fourth-order valence-electron chi connectivity index (χ4n) is 4.14. The monoisotopic (exact) mass is 445 g/mol. The van der Waals surface area contributed by atoms with Gasteiger partial charge in [-0.25, -0.2) is 0 Å². The van der Waals surface area contributed by atoms with E-state index in [0.717, 1.165) is 56.1 Å². The molecule has 4 N–H and O–H groups in total. The minimum atomic E-state index is -0.638. The lowest BCUT2D eigenvalue weighted by atomic mass is 10.0. The predicted octanol–water partition coefficient (Wildman–Crippen LogP) is 2.92. The standard InChI is InChI=1S/C24H27N7O2/c25-23(32)21-22(18-6-8-20(9-7-18)30-12-10-26-11-13-30)33-24(29-21)28-19-14-27-31(16-19)15-17-4-2-1-3-5-17/h1-4,6-9,14,16-17,26H,5,10-13,15H2,(H2,25,32)(H,28,29). The molecule has 1 atom stereocenters. The summed E-state index contributed by atoms with van der Waals surface area (Å²) in [4.78, 5) is 18.6. The number of primary amides is 1. The van der Waals surface area contributed by atoms with Gasteiger partial charge in [0.25, 0.3) is 5.91 Å². The Kier molecular flexibility index (Phi) is 5.95. The SMILES string of the molecule is NC(=O)c1nc(Nc2cnn(CC3C=CC=CC3)c2)oc1-c1ccc(N2CCNCC2)cc1. The van der Waals surface area contributed by atoms with Crippen molar-refractivity contribution < 1.29 is 9.21 Å². The number of rotatable bonds is 7. The fourth-order valence-corrected chi connectivity index (χ4v) is 4.14. The molecule has 2 aromatic heterocycles. The second kappa shape index (κ2) is 9.33. The number of oxazole rings is 1. The summed E-state index contributed by atoms with van der Waals surface area (Å²) < 4.78 is 7.79. The van der Waals surface area contributed by atoms with Crippen molar-refractivity contribution in [1.29, 1.82) is 0 Å². The Labute approximate surface area is 192 Å². The molecule has 1 unspecified atom stereocenters. The van der Waals surface area contributed by atoms with Crippen LogP contribution in [0.1, 0.15) is 16.9 Å². The van der Waals surface area contributed by atoms with Crippen molar-refractivity contribution >= 4 is 23.3 Å². The summed E-state index contributed by atoms with van der Waals surface area (Å²) in [6.45, 7) is 4.64. The zero-order valence-electron chi connectivity index (χ0n) is 18.3. The highest BCUT2D eigenvalue weighted by molar-refractivity contribution is 5.97. The summed E-state index contributed by atoms with van der Waals surface area (Å²) in [5.74, 6) is 0.130. The molecule has 0 bridgehead atoms. The molecule has 1 aromatic carbocycles. The highest BCUT2D eigenvalue weighted by Gasteiger charge is 2.21. The first-order valence-corrected chi connectivity index (χ1v) is 11.2. The van der Waals surface area contributed by atoms with Gasteiger partial charge in [0.05, 0.1) is 11.9 Å². The maximum Gasteiger partial charge on any atom is 0.300 e. The average molecular weight is 446 g/mol. The second-order valence-electron chi connectivity index (χ2n) is 8.23. The van der Waals surface area contributed by atoms with Crippen molar-refractivity contribution in [3.05, 3.63) is 66.7 Å². The van der Waals surface area contributed by atoms with Crippen molar-refractivity contribution in [2.45, 2.75) is 13.0 Å². The maximum absolute atomic E-state index is 12.0. The van der Waals surface area contributed by atoms with Gasteiger partial charge in [-0.2, -0.15) is 10.1 Å². The summed E-state index contributed by atoms with van der Waals surface area (Å²) in [5.41, 5.74) is 8.28. The number of nitrogens with two attached hydrogens (primary N) is 1. The number of nitrogens with zero attached hydrogens (tertiary/aromatic N) is 4. The van der Waals surface area contributed by atoms with E-state index in [2.05, 4.69) is 49.9 Å².